The molecule has 1 aromatic carbocycles. The van der Waals surface area contributed by atoms with Gasteiger partial charge in [-0.05, 0) is 17.7 Å². The lowest BCUT2D eigenvalue weighted by molar-refractivity contribution is 0.242. The van der Waals surface area contributed by atoms with Crippen molar-refractivity contribution in [3.8, 4) is 28.6 Å². The van der Waals surface area contributed by atoms with E-state index >= 15 is 0 Å². The van der Waals surface area contributed by atoms with Crippen LogP contribution in [-0.4, -0.2) is 50.7 Å². The van der Waals surface area contributed by atoms with E-state index in [-0.39, 0.29) is 5.75 Å². The van der Waals surface area contributed by atoms with Crippen LogP contribution in [0.25, 0.3) is 11.4 Å². The summed E-state index contributed by atoms with van der Waals surface area (Å²) in [4.78, 5) is 19.5. The lowest BCUT2D eigenvalue weighted by Gasteiger charge is -2.28. The number of phenols is 1. The molecule has 28 heavy (non-hydrogen) atoms. The summed E-state index contributed by atoms with van der Waals surface area (Å²) in [5.74, 6) is 1.60. The number of ether oxygens (including phenoxy) is 2. The molecule has 2 aromatic heterocycles. The summed E-state index contributed by atoms with van der Waals surface area (Å²) in [5.41, 5.74) is 3.93. The van der Waals surface area contributed by atoms with Gasteiger partial charge in [0.25, 0.3) is 0 Å². The van der Waals surface area contributed by atoms with Crippen molar-refractivity contribution in [1.29, 1.82) is 0 Å². The van der Waals surface area contributed by atoms with E-state index in [0.717, 1.165) is 41.9 Å². The number of phenolic OH excluding ortho intramolecular Hbond substituents is 1. The molecular weight excluding hydrogens is 358 g/mol. The first kappa shape index (κ1) is 18.1. The number of aromatic hydroxyl groups is 1. The Morgan fingerprint density at radius 1 is 1.11 bits per heavy atom. The first-order valence-electron chi connectivity index (χ1n) is 8.94. The van der Waals surface area contributed by atoms with Gasteiger partial charge in [0.2, 0.25) is 5.75 Å². The monoisotopic (exact) mass is 379 g/mol. The minimum absolute atomic E-state index is 0.0762. The Morgan fingerprint density at radius 3 is 2.68 bits per heavy atom. The molecule has 4 rings (SSSR count). The molecule has 0 aliphatic carbocycles. The maximum atomic E-state index is 10.2. The van der Waals surface area contributed by atoms with Crippen molar-refractivity contribution in [2.45, 2.75) is 19.5 Å². The Labute approximate surface area is 162 Å². The highest BCUT2D eigenvalue weighted by Gasteiger charge is 2.20. The van der Waals surface area contributed by atoms with Gasteiger partial charge in [-0.2, -0.15) is 0 Å². The smallest absolute Gasteiger partial charge is 0.203 e. The number of hydrogen-bond donors (Lipinski definition) is 1. The minimum atomic E-state index is 0.0762. The Hall–Kier alpha value is -3.26. The van der Waals surface area contributed by atoms with Crippen molar-refractivity contribution < 1.29 is 14.6 Å². The highest BCUT2D eigenvalue weighted by Crippen LogP contribution is 2.38. The Morgan fingerprint density at radius 2 is 1.93 bits per heavy atom. The summed E-state index contributed by atoms with van der Waals surface area (Å²) in [5, 5.41) is 10.2. The molecule has 3 aromatic rings. The highest BCUT2D eigenvalue weighted by atomic mass is 16.5. The van der Waals surface area contributed by atoms with Crippen molar-refractivity contribution in [2.75, 3.05) is 20.8 Å². The van der Waals surface area contributed by atoms with Crippen molar-refractivity contribution in [3.05, 3.63) is 53.9 Å². The third kappa shape index (κ3) is 3.59. The molecule has 144 valence electrons. The third-order valence-electron chi connectivity index (χ3n) is 4.76. The second-order valence-corrected chi connectivity index (χ2v) is 6.60. The predicted octanol–water partition coefficient (Wildman–Crippen LogP) is 2.21. The lowest BCUT2D eigenvalue weighted by atomic mass is 10.1. The molecule has 8 heteroatoms. The maximum Gasteiger partial charge on any atom is 0.203 e. The molecule has 0 saturated heterocycles. The molecule has 0 amide bonds. The van der Waals surface area contributed by atoms with E-state index in [1.165, 1.54) is 13.4 Å². The van der Waals surface area contributed by atoms with Gasteiger partial charge in [0.15, 0.2) is 17.3 Å². The van der Waals surface area contributed by atoms with Gasteiger partial charge in [-0.15, -0.1) is 0 Å². The number of methoxy groups -OCH3 is 2. The summed E-state index contributed by atoms with van der Waals surface area (Å²) in [6, 6.07) is 3.61. The number of rotatable bonds is 5. The normalized spacial score (nSPS) is 13.8. The summed E-state index contributed by atoms with van der Waals surface area (Å²) in [7, 11) is 3.07. The van der Waals surface area contributed by atoms with Crippen molar-refractivity contribution in [1.82, 2.24) is 24.8 Å². The molecule has 1 N–H and O–H groups in total. The van der Waals surface area contributed by atoms with Gasteiger partial charge in [-0.1, -0.05) is 0 Å². The van der Waals surface area contributed by atoms with Crippen LogP contribution in [0.1, 0.15) is 16.8 Å². The van der Waals surface area contributed by atoms with E-state index in [9.17, 15) is 5.11 Å². The fourth-order valence-corrected chi connectivity index (χ4v) is 3.41. The number of nitrogens with zero attached hydrogens (tertiary/aromatic N) is 5. The number of fused-ring (bicyclic) bond motifs is 1. The van der Waals surface area contributed by atoms with E-state index in [0.29, 0.717) is 23.9 Å². The average molecular weight is 379 g/mol. The zero-order valence-corrected chi connectivity index (χ0v) is 15.8. The van der Waals surface area contributed by atoms with Crippen LogP contribution in [0.2, 0.25) is 0 Å². The Balaban J connectivity index is 1.51. The summed E-state index contributed by atoms with van der Waals surface area (Å²) >= 11 is 0. The van der Waals surface area contributed by atoms with Crippen LogP contribution in [0.15, 0.2) is 37.1 Å². The van der Waals surface area contributed by atoms with Gasteiger partial charge in [0.1, 0.15) is 6.33 Å². The molecular formula is C20H21N5O3. The largest absolute Gasteiger partial charge is 0.504 e. The van der Waals surface area contributed by atoms with Crippen molar-refractivity contribution >= 4 is 0 Å². The van der Waals surface area contributed by atoms with Crippen molar-refractivity contribution in [2.24, 2.45) is 0 Å². The molecule has 1 aliphatic heterocycles. The summed E-state index contributed by atoms with van der Waals surface area (Å²) in [6.07, 6.45) is 7.63. The van der Waals surface area contributed by atoms with Gasteiger partial charge in [-0.3, -0.25) is 4.90 Å². The molecule has 0 radical (unpaired) electrons. The fraction of sp³-hybridized carbons (Fsp3) is 0.300. The zero-order valence-electron chi connectivity index (χ0n) is 15.8. The molecule has 0 unspecified atom stereocenters. The predicted molar refractivity (Wildman–Crippen MR) is 102 cm³/mol. The van der Waals surface area contributed by atoms with Crippen LogP contribution in [0.5, 0.6) is 17.2 Å². The number of aromatic nitrogens is 4. The SMILES string of the molecule is COc1cc(CN2CCc3nc(-c4cncnc4)ncc3C2)cc(O)c1OC. The van der Waals surface area contributed by atoms with Gasteiger partial charge in [0, 0.05) is 50.2 Å². The minimum Gasteiger partial charge on any atom is -0.504 e. The number of hydrogen-bond acceptors (Lipinski definition) is 8. The topological polar surface area (TPSA) is 93.5 Å². The fourth-order valence-electron chi connectivity index (χ4n) is 3.41. The van der Waals surface area contributed by atoms with Crippen molar-refractivity contribution in [3.63, 3.8) is 0 Å². The van der Waals surface area contributed by atoms with Crippen LogP contribution in [0.4, 0.5) is 0 Å². The van der Waals surface area contributed by atoms with Crippen LogP contribution in [0, 0.1) is 0 Å². The molecule has 1 aliphatic rings. The molecule has 0 bridgehead atoms. The summed E-state index contributed by atoms with van der Waals surface area (Å²) in [6.45, 7) is 2.29. The van der Waals surface area contributed by atoms with E-state index in [2.05, 4.69) is 19.9 Å². The molecule has 0 fully saturated rings. The van der Waals surface area contributed by atoms with Gasteiger partial charge in [-0.25, -0.2) is 19.9 Å². The van der Waals surface area contributed by atoms with Gasteiger partial charge in [0.05, 0.1) is 25.5 Å². The quantitative estimate of drug-likeness (QED) is 0.721. The van der Waals surface area contributed by atoms with E-state index < -0.39 is 0 Å². The molecule has 0 saturated carbocycles. The van der Waals surface area contributed by atoms with E-state index in [1.807, 2.05) is 12.3 Å². The van der Waals surface area contributed by atoms with Gasteiger partial charge >= 0.3 is 0 Å². The molecule has 0 spiro atoms. The van der Waals surface area contributed by atoms with Gasteiger partial charge < -0.3 is 14.6 Å². The number of benzene rings is 1. The second kappa shape index (κ2) is 7.77. The Kier molecular flexibility index (Phi) is 5.03. The first-order chi connectivity index (χ1) is 13.7. The first-order valence-corrected chi connectivity index (χ1v) is 8.94. The van der Waals surface area contributed by atoms with Crippen LogP contribution >= 0.6 is 0 Å². The average Bonchev–Trinajstić information content (AvgIpc) is 2.73. The molecule has 0 atom stereocenters. The standard InChI is InChI=1S/C20H21N5O3/c1-27-18-6-13(5-17(26)19(18)28-2)10-25-4-3-16-15(11-25)9-23-20(24-16)14-7-21-12-22-8-14/h5-9,12,26H,3-4,10-11H2,1-2H3. The van der Waals surface area contributed by atoms with Crippen LogP contribution < -0.4 is 9.47 Å². The van der Waals surface area contributed by atoms with E-state index in [4.69, 9.17) is 14.5 Å². The summed E-state index contributed by atoms with van der Waals surface area (Å²) < 4.78 is 10.5. The third-order valence-corrected chi connectivity index (χ3v) is 4.76. The Bertz CT molecular complexity index is 981. The maximum absolute atomic E-state index is 10.2. The van der Waals surface area contributed by atoms with E-state index in [1.54, 1.807) is 25.6 Å². The van der Waals surface area contributed by atoms with Crippen LogP contribution in [0.3, 0.4) is 0 Å². The molecule has 8 nitrogen and oxygen atoms in total. The lowest BCUT2D eigenvalue weighted by Crippen LogP contribution is -2.31. The van der Waals surface area contributed by atoms with Crippen LogP contribution in [-0.2, 0) is 19.5 Å². The zero-order chi connectivity index (χ0) is 19.5. The molecule has 3 heterocycles. The second-order valence-electron chi connectivity index (χ2n) is 6.60. The highest BCUT2D eigenvalue weighted by molar-refractivity contribution is 5.53.